The van der Waals surface area contributed by atoms with Crippen molar-refractivity contribution in [1.82, 2.24) is 30.9 Å². The van der Waals surface area contributed by atoms with Crippen LogP contribution < -0.4 is 31.9 Å². The number of hydrogen-bond donors (Lipinski definition) is 6. The highest BCUT2D eigenvalue weighted by Crippen LogP contribution is 2.42. The predicted molar refractivity (Wildman–Crippen MR) is 330 cm³/mol. The molecule has 3 aliphatic carbocycles. The number of nitrogens with zero attached hydrogens (tertiary/aromatic N) is 4. The summed E-state index contributed by atoms with van der Waals surface area (Å²) in [5, 5.41) is 25.7. The number of halogens is 3. The molecule has 3 aromatic carbocycles. The Kier molecular flexibility index (Phi) is 21.3. The number of aromatic nitrogens is 3. The minimum atomic E-state index is -0.591. The lowest BCUT2D eigenvalue weighted by Crippen LogP contribution is -2.25. The van der Waals surface area contributed by atoms with Gasteiger partial charge in [0.2, 0.25) is 0 Å². The van der Waals surface area contributed by atoms with E-state index in [1.165, 1.54) is 95.5 Å². The third-order valence-corrected chi connectivity index (χ3v) is 17.6. The Bertz CT molecular complexity index is 3610. The summed E-state index contributed by atoms with van der Waals surface area (Å²) in [7, 11) is 0. The van der Waals surface area contributed by atoms with E-state index >= 15 is 0 Å². The number of carbonyl (C=O) groups excluding carboxylic acids is 6. The van der Waals surface area contributed by atoms with Crippen LogP contribution in [-0.2, 0) is 58.2 Å². The van der Waals surface area contributed by atoms with Crippen molar-refractivity contribution in [3.63, 3.8) is 0 Å². The van der Waals surface area contributed by atoms with Crippen LogP contribution in [0.4, 0.5) is 28.2 Å². The molecule has 9 aromatic rings. The lowest BCUT2D eigenvalue weighted by molar-refractivity contribution is 0.0942. The van der Waals surface area contributed by atoms with Crippen molar-refractivity contribution in [2.75, 3.05) is 16.0 Å². The molecule has 87 heavy (non-hydrogen) atoms. The fraction of sp³-hybridized carbons (Fsp3) is 0.200. The number of aryl methyl sites for hydroxylation is 3. The molecule has 0 atom stereocenters. The van der Waals surface area contributed by atoms with E-state index in [4.69, 9.17) is 5.26 Å². The van der Waals surface area contributed by atoms with E-state index in [1.54, 1.807) is 61.4 Å². The van der Waals surface area contributed by atoms with Gasteiger partial charge in [-0.2, -0.15) is 5.26 Å². The van der Waals surface area contributed by atoms with Crippen molar-refractivity contribution >= 4 is 84.5 Å². The second kappa shape index (κ2) is 29.9. The summed E-state index contributed by atoms with van der Waals surface area (Å²) in [5.41, 5.74) is 6.96. The minimum Gasteiger partial charge on any atom is -0.348 e. The summed E-state index contributed by atoms with van der Waals surface area (Å²) in [6.07, 6.45) is 18.1. The van der Waals surface area contributed by atoms with Crippen LogP contribution >= 0.6 is 34.0 Å². The highest BCUT2D eigenvalue weighted by molar-refractivity contribution is 7.17. The zero-order valence-corrected chi connectivity index (χ0v) is 49.4. The number of pyridine rings is 3. The number of nitriles is 1. The molecule has 12 rings (SSSR count). The number of benzene rings is 3. The Morgan fingerprint density at radius 1 is 0.425 bits per heavy atom. The smallest absolute Gasteiger partial charge is 0.259 e. The van der Waals surface area contributed by atoms with Crippen LogP contribution in [0.1, 0.15) is 136 Å². The van der Waals surface area contributed by atoms with Crippen LogP contribution in [0.3, 0.4) is 0 Å². The van der Waals surface area contributed by atoms with Gasteiger partial charge in [0, 0.05) is 78.4 Å². The zero-order valence-electron chi connectivity index (χ0n) is 46.9. The lowest BCUT2D eigenvalue weighted by Gasteiger charge is -2.10. The number of fused-ring (bicyclic) bond motifs is 3. The summed E-state index contributed by atoms with van der Waals surface area (Å²) in [4.78, 5) is 91.7. The van der Waals surface area contributed by atoms with Crippen molar-refractivity contribution in [1.29, 1.82) is 5.26 Å². The highest BCUT2D eigenvalue weighted by Gasteiger charge is 2.31. The third-order valence-electron chi connectivity index (χ3n) is 14.0. The number of thiophene rings is 3. The van der Waals surface area contributed by atoms with E-state index in [9.17, 15) is 41.9 Å². The van der Waals surface area contributed by atoms with Gasteiger partial charge in [0.05, 0.1) is 39.4 Å². The number of anilines is 3. The van der Waals surface area contributed by atoms with E-state index in [0.29, 0.717) is 51.3 Å². The van der Waals surface area contributed by atoms with Crippen LogP contribution in [0, 0.1) is 28.8 Å². The molecule has 0 spiro atoms. The number of carbonyl (C=O) groups is 6. The van der Waals surface area contributed by atoms with Crippen LogP contribution in [0.5, 0.6) is 0 Å². The summed E-state index contributed by atoms with van der Waals surface area (Å²) in [6.45, 7) is 2.47. The molecule has 0 fully saturated rings. The van der Waals surface area contributed by atoms with Crippen molar-refractivity contribution in [2.24, 2.45) is 0 Å². The lowest BCUT2D eigenvalue weighted by atomic mass is 10.1. The first-order chi connectivity index (χ1) is 42.3. The number of amides is 6. The molecule has 22 heteroatoms. The molecule has 0 aliphatic heterocycles. The van der Waals surface area contributed by atoms with Gasteiger partial charge in [-0.05, 0) is 146 Å². The maximum atomic E-state index is 13.9. The normalized spacial score (nSPS) is 12.1. The Labute approximate surface area is 511 Å². The van der Waals surface area contributed by atoms with Gasteiger partial charge in [-0.3, -0.25) is 43.7 Å². The second-order valence-electron chi connectivity index (χ2n) is 19.8. The largest absolute Gasteiger partial charge is 0.348 e. The molecule has 6 heterocycles. The monoisotopic (exact) mass is 1230 g/mol. The molecule has 3 aliphatic rings. The summed E-state index contributed by atoms with van der Waals surface area (Å²) < 4.78 is 41.8. The van der Waals surface area contributed by atoms with Gasteiger partial charge in [0.15, 0.2) is 0 Å². The van der Waals surface area contributed by atoms with E-state index < -0.39 is 35.2 Å². The fourth-order valence-electron chi connectivity index (χ4n) is 9.97. The van der Waals surface area contributed by atoms with Crippen LogP contribution in [0.15, 0.2) is 146 Å². The van der Waals surface area contributed by atoms with Crippen LogP contribution in [-0.4, -0.2) is 50.4 Å². The molecule has 6 N–H and O–H groups in total. The first kappa shape index (κ1) is 61.9. The topological polar surface area (TPSA) is 237 Å². The molecule has 0 radical (unpaired) electrons. The number of nitrogens with one attached hydrogen (secondary N) is 6. The standard InChI is InChI=1S/3C21H18FN3O2S.C2H3N/c3*22-16-8-2-1-6-14(16)19(26)25-21-18(15-7-3-9-17(15)28-21)20(27)24-12-13-5-4-10-23-11-13;1-2-3/h3*1-2,4-6,8,10-11H,3,7,9,12H2,(H,24,27)(H,25,26);1H3. The van der Waals surface area contributed by atoms with Gasteiger partial charge in [-0.25, -0.2) is 13.2 Å². The Balaban J connectivity index is 0.000000152. The van der Waals surface area contributed by atoms with E-state index in [0.717, 1.165) is 106 Å². The quantitative estimate of drug-likeness (QED) is 0.0568. The number of hydrogen-bond acceptors (Lipinski definition) is 13. The first-order valence-corrected chi connectivity index (χ1v) is 30.2. The molecule has 6 amide bonds. The van der Waals surface area contributed by atoms with Crippen molar-refractivity contribution in [2.45, 2.75) is 84.3 Å². The molecule has 6 aromatic heterocycles. The average Bonchev–Trinajstić information content (AvgIpc) is 2.86. The highest BCUT2D eigenvalue weighted by atomic mass is 32.1. The average molecular weight is 1230 g/mol. The first-order valence-electron chi connectivity index (χ1n) is 27.7. The Morgan fingerprint density at radius 3 is 0.954 bits per heavy atom. The molecule has 0 saturated carbocycles. The van der Waals surface area contributed by atoms with Crippen molar-refractivity contribution in [3.8, 4) is 6.07 Å². The van der Waals surface area contributed by atoms with E-state index in [2.05, 4.69) is 46.9 Å². The second-order valence-corrected chi connectivity index (χ2v) is 23.2. The van der Waals surface area contributed by atoms with Gasteiger partial charge in [-0.15, -0.1) is 34.0 Å². The van der Waals surface area contributed by atoms with Gasteiger partial charge in [0.1, 0.15) is 32.5 Å². The molecule has 442 valence electrons. The van der Waals surface area contributed by atoms with Gasteiger partial charge < -0.3 is 31.9 Å². The fourth-order valence-corrected chi connectivity index (χ4v) is 13.8. The van der Waals surface area contributed by atoms with E-state index in [1.807, 2.05) is 36.4 Å². The summed E-state index contributed by atoms with van der Waals surface area (Å²) >= 11 is 4.20. The van der Waals surface area contributed by atoms with Crippen molar-refractivity contribution in [3.05, 3.63) is 245 Å². The third kappa shape index (κ3) is 15.6. The minimum absolute atomic E-state index is 0.0437. The predicted octanol–water partition coefficient (Wildman–Crippen LogP) is 12.4. The summed E-state index contributed by atoms with van der Waals surface area (Å²) in [5.74, 6) is -4.17. The maximum Gasteiger partial charge on any atom is 0.259 e. The molecular formula is C65H57F3N10O6S3. The molecule has 0 saturated heterocycles. The molecular weight excluding hydrogens is 1170 g/mol. The van der Waals surface area contributed by atoms with Gasteiger partial charge >= 0.3 is 0 Å². The number of rotatable bonds is 15. The zero-order chi connectivity index (χ0) is 61.2. The van der Waals surface area contributed by atoms with E-state index in [-0.39, 0.29) is 34.4 Å². The van der Waals surface area contributed by atoms with Crippen LogP contribution in [0.2, 0.25) is 0 Å². The Morgan fingerprint density at radius 2 is 0.701 bits per heavy atom. The maximum absolute atomic E-state index is 13.9. The molecule has 0 unspecified atom stereocenters. The Hall–Kier alpha value is -9.69. The SMILES string of the molecule is CC#N.O=C(Nc1sc2c(c1C(=O)NCc1cccnc1)CCC2)c1ccccc1F.O=C(Nc1sc2c(c1C(=O)NCc1cccnc1)CCC2)c1ccccc1F.O=C(Nc1sc2c(c1C(=O)NCc1cccnc1)CCC2)c1ccccc1F. The van der Waals surface area contributed by atoms with Crippen LogP contribution in [0.25, 0.3) is 0 Å². The van der Waals surface area contributed by atoms with Crippen molar-refractivity contribution < 1.29 is 41.9 Å². The van der Waals surface area contributed by atoms with Gasteiger partial charge in [-0.1, -0.05) is 54.6 Å². The van der Waals surface area contributed by atoms with Gasteiger partial charge in [0.25, 0.3) is 35.4 Å². The molecule has 16 nitrogen and oxygen atoms in total. The molecule has 0 bridgehead atoms. The summed E-state index contributed by atoms with van der Waals surface area (Å²) in [6, 6.07) is 30.2.